The van der Waals surface area contributed by atoms with E-state index in [0.717, 1.165) is 18.9 Å². The predicted octanol–water partition coefficient (Wildman–Crippen LogP) is 2.97. The van der Waals surface area contributed by atoms with Gasteiger partial charge in [-0.25, -0.2) is 0 Å². The highest BCUT2D eigenvalue weighted by atomic mass is 15.3. The van der Waals surface area contributed by atoms with Crippen molar-refractivity contribution in [3.8, 4) is 0 Å². The molecule has 1 aliphatic carbocycles. The fraction of sp³-hybridized carbons (Fsp3) is 0.800. The number of nitrogens with zero attached hydrogens (tertiary/aromatic N) is 2. The average molecular weight is 249 g/mol. The Morgan fingerprint density at radius 3 is 2.56 bits per heavy atom. The van der Waals surface area contributed by atoms with Crippen LogP contribution in [-0.2, 0) is 13.0 Å². The van der Waals surface area contributed by atoms with Crippen LogP contribution < -0.4 is 5.73 Å². The van der Waals surface area contributed by atoms with E-state index in [1.807, 2.05) is 0 Å². The maximum atomic E-state index is 5.92. The van der Waals surface area contributed by atoms with Gasteiger partial charge in [0.2, 0.25) is 0 Å². The summed E-state index contributed by atoms with van der Waals surface area (Å²) in [5, 5.41) is 4.72. The van der Waals surface area contributed by atoms with Crippen LogP contribution in [-0.4, -0.2) is 15.8 Å². The topological polar surface area (TPSA) is 43.8 Å². The second-order valence-corrected chi connectivity index (χ2v) is 6.02. The Morgan fingerprint density at radius 1 is 1.28 bits per heavy atom. The minimum Gasteiger partial charge on any atom is -0.328 e. The van der Waals surface area contributed by atoms with Crippen LogP contribution in [0.25, 0.3) is 0 Å². The van der Waals surface area contributed by atoms with E-state index in [1.165, 1.54) is 49.1 Å². The zero-order valence-corrected chi connectivity index (χ0v) is 12.1. The van der Waals surface area contributed by atoms with Crippen molar-refractivity contribution in [2.24, 2.45) is 11.7 Å². The lowest BCUT2D eigenvalue weighted by Crippen LogP contribution is -2.19. The van der Waals surface area contributed by atoms with Gasteiger partial charge in [-0.2, -0.15) is 5.10 Å². The molecule has 0 bridgehead atoms. The Bertz CT molecular complexity index is 387. The fourth-order valence-electron chi connectivity index (χ4n) is 3.14. The molecule has 1 unspecified atom stereocenters. The molecule has 0 aromatic carbocycles. The molecule has 2 N–H and O–H groups in total. The van der Waals surface area contributed by atoms with Crippen molar-refractivity contribution in [2.75, 3.05) is 0 Å². The standard InChI is InChI=1S/C15H27N3/c1-11(16)9-15-12(2)17-18(13(15)3)10-14-7-5-4-6-8-14/h11,14H,4-10,16H2,1-3H3. The van der Waals surface area contributed by atoms with Crippen LogP contribution in [0, 0.1) is 19.8 Å². The minimum absolute atomic E-state index is 0.217. The molecular formula is C15H27N3. The summed E-state index contributed by atoms with van der Waals surface area (Å²) in [6.07, 6.45) is 7.92. The van der Waals surface area contributed by atoms with Gasteiger partial charge in [0.15, 0.2) is 0 Å². The molecule has 1 atom stereocenters. The highest BCUT2D eigenvalue weighted by molar-refractivity contribution is 5.25. The zero-order chi connectivity index (χ0) is 13.1. The van der Waals surface area contributed by atoms with Gasteiger partial charge in [0.25, 0.3) is 0 Å². The summed E-state index contributed by atoms with van der Waals surface area (Å²) >= 11 is 0. The van der Waals surface area contributed by atoms with Gasteiger partial charge in [-0.3, -0.25) is 4.68 Å². The number of hydrogen-bond acceptors (Lipinski definition) is 2. The van der Waals surface area contributed by atoms with Gasteiger partial charge in [-0.15, -0.1) is 0 Å². The monoisotopic (exact) mass is 249 g/mol. The van der Waals surface area contributed by atoms with E-state index in [9.17, 15) is 0 Å². The molecule has 1 heterocycles. The van der Waals surface area contributed by atoms with Crippen LogP contribution in [0.2, 0.25) is 0 Å². The Hall–Kier alpha value is -0.830. The van der Waals surface area contributed by atoms with E-state index >= 15 is 0 Å². The van der Waals surface area contributed by atoms with Crippen molar-refractivity contribution >= 4 is 0 Å². The molecule has 3 nitrogen and oxygen atoms in total. The summed E-state index contributed by atoms with van der Waals surface area (Å²) in [5.74, 6) is 0.833. The van der Waals surface area contributed by atoms with E-state index in [-0.39, 0.29) is 6.04 Å². The SMILES string of the molecule is Cc1nn(CC2CCCCC2)c(C)c1CC(C)N. The summed E-state index contributed by atoms with van der Waals surface area (Å²) in [5.41, 5.74) is 9.78. The molecule has 0 radical (unpaired) electrons. The third-order valence-corrected chi connectivity index (χ3v) is 4.21. The molecule has 0 saturated heterocycles. The molecule has 18 heavy (non-hydrogen) atoms. The first-order valence-corrected chi connectivity index (χ1v) is 7.36. The third kappa shape index (κ3) is 3.14. The Kier molecular flexibility index (Phi) is 4.44. The highest BCUT2D eigenvalue weighted by Crippen LogP contribution is 2.26. The molecule has 0 amide bonds. The van der Waals surface area contributed by atoms with Crippen molar-refractivity contribution in [1.82, 2.24) is 9.78 Å². The number of aryl methyl sites for hydroxylation is 1. The van der Waals surface area contributed by atoms with Crippen molar-refractivity contribution in [1.29, 1.82) is 0 Å². The molecule has 3 heteroatoms. The largest absolute Gasteiger partial charge is 0.328 e. The number of hydrogen-bond donors (Lipinski definition) is 1. The van der Waals surface area contributed by atoms with E-state index < -0.39 is 0 Å². The molecule has 1 aliphatic rings. The van der Waals surface area contributed by atoms with Crippen LogP contribution >= 0.6 is 0 Å². The lowest BCUT2D eigenvalue weighted by Gasteiger charge is -2.22. The molecule has 1 aromatic heterocycles. The second-order valence-electron chi connectivity index (χ2n) is 6.02. The first kappa shape index (κ1) is 13.6. The van der Waals surface area contributed by atoms with Crippen molar-refractivity contribution in [3.63, 3.8) is 0 Å². The van der Waals surface area contributed by atoms with Crippen LogP contribution in [0.3, 0.4) is 0 Å². The Balaban J connectivity index is 2.08. The fourth-order valence-corrected chi connectivity index (χ4v) is 3.14. The first-order chi connectivity index (χ1) is 8.58. The van der Waals surface area contributed by atoms with Gasteiger partial charge in [0.05, 0.1) is 5.69 Å². The summed E-state index contributed by atoms with van der Waals surface area (Å²) < 4.78 is 2.23. The van der Waals surface area contributed by atoms with Crippen molar-refractivity contribution in [2.45, 2.75) is 71.9 Å². The number of nitrogens with two attached hydrogens (primary N) is 1. The molecule has 1 saturated carbocycles. The van der Waals surface area contributed by atoms with Crippen LogP contribution in [0.4, 0.5) is 0 Å². The predicted molar refractivity (Wildman–Crippen MR) is 75.6 cm³/mol. The van der Waals surface area contributed by atoms with Crippen molar-refractivity contribution in [3.05, 3.63) is 17.0 Å². The Morgan fingerprint density at radius 2 is 1.94 bits per heavy atom. The lowest BCUT2D eigenvalue weighted by molar-refractivity contribution is 0.305. The number of rotatable bonds is 4. The van der Waals surface area contributed by atoms with E-state index in [2.05, 4.69) is 25.5 Å². The van der Waals surface area contributed by atoms with Crippen LogP contribution in [0.5, 0.6) is 0 Å². The van der Waals surface area contributed by atoms with E-state index in [0.29, 0.717) is 0 Å². The molecule has 1 fully saturated rings. The lowest BCUT2D eigenvalue weighted by atomic mass is 9.89. The third-order valence-electron chi connectivity index (χ3n) is 4.21. The maximum Gasteiger partial charge on any atom is 0.0629 e. The molecule has 1 aromatic rings. The average Bonchev–Trinajstić information content (AvgIpc) is 2.58. The zero-order valence-electron chi connectivity index (χ0n) is 12.1. The maximum absolute atomic E-state index is 5.92. The second kappa shape index (κ2) is 5.87. The Labute approximate surface area is 111 Å². The molecule has 0 aliphatic heterocycles. The van der Waals surface area contributed by atoms with E-state index in [4.69, 9.17) is 10.8 Å². The highest BCUT2D eigenvalue weighted by Gasteiger charge is 2.18. The summed E-state index contributed by atoms with van der Waals surface area (Å²) in [6, 6.07) is 0.217. The summed E-state index contributed by atoms with van der Waals surface area (Å²) in [6.45, 7) is 7.48. The molecule has 102 valence electrons. The summed E-state index contributed by atoms with van der Waals surface area (Å²) in [7, 11) is 0. The summed E-state index contributed by atoms with van der Waals surface area (Å²) in [4.78, 5) is 0. The van der Waals surface area contributed by atoms with Gasteiger partial charge in [0, 0.05) is 18.3 Å². The van der Waals surface area contributed by atoms with Crippen LogP contribution in [0.1, 0.15) is 56.0 Å². The van der Waals surface area contributed by atoms with Crippen molar-refractivity contribution < 1.29 is 0 Å². The first-order valence-electron chi connectivity index (χ1n) is 7.36. The molecule has 2 rings (SSSR count). The molecular weight excluding hydrogens is 222 g/mol. The normalized spacial score (nSPS) is 19.1. The van der Waals surface area contributed by atoms with Gasteiger partial charge in [-0.1, -0.05) is 19.3 Å². The van der Waals surface area contributed by atoms with Gasteiger partial charge < -0.3 is 5.73 Å². The van der Waals surface area contributed by atoms with Gasteiger partial charge in [0.1, 0.15) is 0 Å². The molecule has 0 spiro atoms. The minimum atomic E-state index is 0.217. The van der Waals surface area contributed by atoms with Gasteiger partial charge >= 0.3 is 0 Å². The van der Waals surface area contributed by atoms with E-state index in [1.54, 1.807) is 0 Å². The quantitative estimate of drug-likeness (QED) is 0.891. The van der Waals surface area contributed by atoms with Gasteiger partial charge in [-0.05, 0) is 51.5 Å². The number of aromatic nitrogens is 2. The smallest absolute Gasteiger partial charge is 0.0629 e. The van der Waals surface area contributed by atoms with Crippen LogP contribution in [0.15, 0.2) is 0 Å².